The average Bonchev–Trinajstić information content (AvgIpc) is 2.43. The van der Waals surface area contributed by atoms with Crippen molar-refractivity contribution in [3.8, 4) is 0 Å². The highest BCUT2D eigenvalue weighted by molar-refractivity contribution is 9.10. The fourth-order valence-corrected chi connectivity index (χ4v) is 2.36. The zero-order valence-corrected chi connectivity index (χ0v) is 12.4. The molecule has 19 heavy (non-hydrogen) atoms. The van der Waals surface area contributed by atoms with Gasteiger partial charge in [-0.3, -0.25) is 4.98 Å². The standard InChI is InChI=1S/C15H16BrFN2/c1-2-11-4-3-7-19-15(11)10-18-9-12-8-13(16)5-6-14(12)17/h3-8,18H,2,9-10H2,1H3. The molecule has 4 heteroatoms. The van der Waals surface area contributed by atoms with Gasteiger partial charge in [-0.2, -0.15) is 0 Å². The van der Waals surface area contributed by atoms with E-state index in [1.54, 1.807) is 18.3 Å². The van der Waals surface area contributed by atoms with Crippen LogP contribution in [-0.2, 0) is 19.5 Å². The zero-order chi connectivity index (χ0) is 13.7. The molecule has 100 valence electrons. The highest BCUT2D eigenvalue weighted by atomic mass is 79.9. The summed E-state index contributed by atoms with van der Waals surface area (Å²) in [5.41, 5.74) is 2.91. The third kappa shape index (κ3) is 3.85. The van der Waals surface area contributed by atoms with E-state index in [0.29, 0.717) is 18.7 Å². The highest BCUT2D eigenvalue weighted by Crippen LogP contribution is 2.15. The Morgan fingerprint density at radius 1 is 1.21 bits per heavy atom. The number of hydrogen-bond donors (Lipinski definition) is 1. The predicted molar refractivity (Wildman–Crippen MR) is 78.3 cm³/mol. The van der Waals surface area contributed by atoms with E-state index >= 15 is 0 Å². The molecule has 0 bridgehead atoms. The summed E-state index contributed by atoms with van der Waals surface area (Å²) in [6, 6.07) is 8.98. The van der Waals surface area contributed by atoms with Gasteiger partial charge in [0, 0.05) is 29.3 Å². The second kappa shape index (κ2) is 6.78. The van der Waals surface area contributed by atoms with Gasteiger partial charge in [-0.05, 0) is 36.2 Å². The molecule has 0 amide bonds. The molecule has 0 fully saturated rings. The lowest BCUT2D eigenvalue weighted by Gasteiger charge is -2.09. The number of rotatable bonds is 5. The molecule has 1 aromatic carbocycles. The third-order valence-electron chi connectivity index (χ3n) is 2.98. The van der Waals surface area contributed by atoms with E-state index in [9.17, 15) is 4.39 Å². The summed E-state index contributed by atoms with van der Waals surface area (Å²) < 4.78 is 14.5. The van der Waals surface area contributed by atoms with Gasteiger partial charge in [0.2, 0.25) is 0 Å². The Kier molecular flexibility index (Phi) is 5.05. The van der Waals surface area contributed by atoms with Crippen molar-refractivity contribution < 1.29 is 4.39 Å². The fraction of sp³-hybridized carbons (Fsp3) is 0.267. The summed E-state index contributed by atoms with van der Waals surface area (Å²) in [5, 5.41) is 3.24. The van der Waals surface area contributed by atoms with Gasteiger partial charge in [-0.25, -0.2) is 4.39 Å². The zero-order valence-electron chi connectivity index (χ0n) is 10.8. The summed E-state index contributed by atoms with van der Waals surface area (Å²) in [6.45, 7) is 3.25. The summed E-state index contributed by atoms with van der Waals surface area (Å²) in [6.07, 6.45) is 2.74. The maximum absolute atomic E-state index is 13.6. The van der Waals surface area contributed by atoms with E-state index in [-0.39, 0.29) is 5.82 Å². The number of aromatic nitrogens is 1. The summed E-state index contributed by atoms with van der Waals surface area (Å²) in [5.74, 6) is -0.188. The Hall–Kier alpha value is -1.26. The van der Waals surface area contributed by atoms with Crippen LogP contribution in [0.15, 0.2) is 41.0 Å². The number of pyridine rings is 1. The minimum absolute atomic E-state index is 0.188. The Labute approximate surface area is 121 Å². The topological polar surface area (TPSA) is 24.9 Å². The molecule has 2 rings (SSSR count). The van der Waals surface area contributed by atoms with Crippen molar-refractivity contribution in [2.45, 2.75) is 26.4 Å². The Bertz CT molecular complexity index is 558. The molecule has 0 aliphatic heterocycles. The molecule has 1 N–H and O–H groups in total. The summed E-state index contributed by atoms with van der Waals surface area (Å²) in [4.78, 5) is 4.36. The van der Waals surface area contributed by atoms with Crippen LogP contribution in [-0.4, -0.2) is 4.98 Å². The van der Waals surface area contributed by atoms with Crippen molar-refractivity contribution in [2.24, 2.45) is 0 Å². The Balaban J connectivity index is 1.98. The van der Waals surface area contributed by atoms with Crippen LogP contribution in [0, 0.1) is 5.82 Å². The monoisotopic (exact) mass is 322 g/mol. The minimum Gasteiger partial charge on any atom is -0.307 e. The van der Waals surface area contributed by atoms with Crippen molar-refractivity contribution in [1.82, 2.24) is 10.3 Å². The largest absolute Gasteiger partial charge is 0.307 e. The molecule has 0 radical (unpaired) electrons. The van der Waals surface area contributed by atoms with Crippen LogP contribution in [0.3, 0.4) is 0 Å². The smallest absolute Gasteiger partial charge is 0.127 e. The van der Waals surface area contributed by atoms with Crippen LogP contribution >= 0.6 is 15.9 Å². The number of nitrogens with zero attached hydrogens (tertiary/aromatic N) is 1. The van der Waals surface area contributed by atoms with Gasteiger partial charge >= 0.3 is 0 Å². The van der Waals surface area contributed by atoms with Crippen LogP contribution in [0.1, 0.15) is 23.7 Å². The quantitative estimate of drug-likeness (QED) is 0.904. The second-order valence-electron chi connectivity index (χ2n) is 4.30. The van der Waals surface area contributed by atoms with Gasteiger partial charge in [-0.1, -0.05) is 28.9 Å². The first-order valence-electron chi connectivity index (χ1n) is 6.28. The van der Waals surface area contributed by atoms with Crippen LogP contribution < -0.4 is 5.32 Å². The van der Waals surface area contributed by atoms with Crippen LogP contribution in [0.2, 0.25) is 0 Å². The first-order valence-corrected chi connectivity index (χ1v) is 7.07. The Morgan fingerprint density at radius 2 is 2.05 bits per heavy atom. The lowest BCUT2D eigenvalue weighted by atomic mass is 10.1. The lowest BCUT2D eigenvalue weighted by Crippen LogP contribution is -2.16. The molecule has 0 aliphatic rings. The number of aryl methyl sites for hydroxylation is 1. The SMILES string of the molecule is CCc1cccnc1CNCc1cc(Br)ccc1F. The molecule has 0 unspecified atom stereocenters. The second-order valence-corrected chi connectivity index (χ2v) is 5.22. The maximum atomic E-state index is 13.6. The number of nitrogens with one attached hydrogen (secondary N) is 1. The van der Waals surface area contributed by atoms with Gasteiger partial charge < -0.3 is 5.32 Å². The van der Waals surface area contributed by atoms with Gasteiger partial charge in [0.15, 0.2) is 0 Å². The van der Waals surface area contributed by atoms with Crippen molar-refractivity contribution in [3.63, 3.8) is 0 Å². The molecule has 1 heterocycles. The van der Waals surface area contributed by atoms with E-state index < -0.39 is 0 Å². The lowest BCUT2D eigenvalue weighted by molar-refractivity contribution is 0.584. The highest BCUT2D eigenvalue weighted by Gasteiger charge is 2.04. The molecule has 1 aromatic heterocycles. The van der Waals surface area contributed by atoms with Crippen molar-refractivity contribution in [3.05, 3.63) is 63.6 Å². The molecular formula is C15H16BrFN2. The number of benzene rings is 1. The van der Waals surface area contributed by atoms with E-state index in [1.807, 2.05) is 6.07 Å². The van der Waals surface area contributed by atoms with Gasteiger partial charge in [0.25, 0.3) is 0 Å². The predicted octanol–water partition coefficient (Wildman–Crippen LogP) is 3.84. The number of halogens is 2. The molecule has 0 aliphatic carbocycles. The van der Waals surface area contributed by atoms with Crippen molar-refractivity contribution in [1.29, 1.82) is 0 Å². The van der Waals surface area contributed by atoms with Gasteiger partial charge in [0.05, 0.1) is 5.69 Å². The fourth-order valence-electron chi connectivity index (χ4n) is 1.95. The van der Waals surface area contributed by atoms with Crippen LogP contribution in [0.25, 0.3) is 0 Å². The normalized spacial score (nSPS) is 10.7. The van der Waals surface area contributed by atoms with Crippen molar-refractivity contribution in [2.75, 3.05) is 0 Å². The first kappa shape index (κ1) is 14.2. The van der Waals surface area contributed by atoms with E-state index in [1.165, 1.54) is 11.6 Å². The molecule has 0 atom stereocenters. The minimum atomic E-state index is -0.188. The molecule has 0 spiro atoms. The van der Waals surface area contributed by atoms with Gasteiger partial charge in [0.1, 0.15) is 5.82 Å². The van der Waals surface area contributed by atoms with E-state index in [2.05, 4.69) is 39.2 Å². The third-order valence-corrected chi connectivity index (χ3v) is 3.47. The molecule has 0 saturated carbocycles. The molecule has 2 aromatic rings. The molecule has 2 nitrogen and oxygen atoms in total. The van der Waals surface area contributed by atoms with Gasteiger partial charge in [-0.15, -0.1) is 0 Å². The first-order chi connectivity index (χ1) is 9.20. The summed E-state index contributed by atoms with van der Waals surface area (Å²) in [7, 11) is 0. The van der Waals surface area contributed by atoms with Crippen LogP contribution in [0.5, 0.6) is 0 Å². The molecule has 0 saturated heterocycles. The van der Waals surface area contributed by atoms with Crippen LogP contribution in [0.4, 0.5) is 4.39 Å². The molecular weight excluding hydrogens is 307 g/mol. The maximum Gasteiger partial charge on any atom is 0.127 e. The number of hydrogen-bond acceptors (Lipinski definition) is 2. The van der Waals surface area contributed by atoms with E-state index in [0.717, 1.165) is 16.6 Å². The van der Waals surface area contributed by atoms with E-state index in [4.69, 9.17) is 0 Å². The van der Waals surface area contributed by atoms with Crippen molar-refractivity contribution >= 4 is 15.9 Å². The Morgan fingerprint density at radius 3 is 2.84 bits per heavy atom. The average molecular weight is 323 g/mol. The summed E-state index contributed by atoms with van der Waals surface area (Å²) >= 11 is 3.35.